The number of cyclic esters (lactones) is 1. The Kier molecular flexibility index (Phi) is 2.24. The van der Waals surface area contributed by atoms with Crippen LogP contribution in [0.1, 0.15) is 46.5 Å². The molecule has 1 spiro atoms. The van der Waals surface area contributed by atoms with Crippen LogP contribution in [0.4, 0.5) is 0 Å². The number of esters is 1. The molecule has 1 aliphatic heterocycles. The number of carbonyl (C=O) groups excluding carboxylic acids is 1. The highest BCUT2D eigenvalue weighted by Gasteiger charge is 2.64. The van der Waals surface area contributed by atoms with Crippen molar-refractivity contribution < 1.29 is 9.53 Å². The molecule has 0 N–H and O–H groups in total. The van der Waals surface area contributed by atoms with Gasteiger partial charge in [0.25, 0.3) is 0 Å². The maximum Gasteiger partial charge on any atom is 0.312 e. The Labute approximate surface area is 103 Å². The van der Waals surface area contributed by atoms with Gasteiger partial charge in [0.2, 0.25) is 0 Å². The van der Waals surface area contributed by atoms with Crippen molar-refractivity contribution in [2.24, 2.45) is 22.7 Å². The summed E-state index contributed by atoms with van der Waals surface area (Å²) in [5.41, 5.74) is 1.41. The van der Waals surface area contributed by atoms with Gasteiger partial charge in [0.05, 0.1) is 12.0 Å². The molecule has 0 bridgehead atoms. The van der Waals surface area contributed by atoms with Gasteiger partial charge in [-0.15, -0.1) is 0 Å². The van der Waals surface area contributed by atoms with Gasteiger partial charge >= 0.3 is 5.97 Å². The lowest BCUT2D eigenvalue weighted by Gasteiger charge is -2.39. The minimum absolute atomic E-state index is 0.0722. The van der Waals surface area contributed by atoms with Crippen LogP contribution in [0.2, 0.25) is 0 Å². The van der Waals surface area contributed by atoms with E-state index in [9.17, 15) is 4.79 Å². The molecule has 0 aromatic carbocycles. The third-order valence-corrected chi connectivity index (χ3v) is 5.76. The normalized spacial score (nSPS) is 43.5. The predicted octanol–water partition coefficient (Wildman–Crippen LogP) is 3.32. The number of ether oxygens (including phenoxy) is 1. The molecule has 0 aromatic heterocycles. The van der Waals surface area contributed by atoms with E-state index in [0.29, 0.717) is 18.4 Å². The molecule has 1 saturated carbocycles. The van der Waals surface area contributed by atoms with E-state index in [1.54, 1.807) is 0 Å². The largest absolute Gasteiger partial charge is 0.465 e. The first kappa shape index (κ1) is 11.3. The van der Waals surface area contributed by atoms with E-state index in [1.807, 2.05) is 0 Å². The van der Waals surface area contributed by atoms with Gasteiger partial charge in [-0.3, -0.25) is 4.79 Å². The molecular formula is C15H22O2. The summed E-state index contributed by atoms with van der Waals surface area (Å²) < 4.78 is 5.30. The number of allylic oxidation sites excluding steroid dienone is 2. The Morgan fingerprint density at radius 2 is 2.18 bits per heavy atom. The van der Waals surface area contributed by atoms with Gasteiger partial charge in [-0.25, -0.2) is 0 Å². The predicted molar refractivity (Wildman–Crippen MR) is 66.4 cm³/mol. The van der Waals surface area contributed by atoms with Crippen LogP contribution in [0.3, 0.4) is 0 Å². The van der Waals surface area contributed by atoms with E-state index < -0.39 is 0 Å². The Bertz CT molecular complexity index is 394. The van der Waals surface area contributed by atoms with Gasteiger partial charge in [-0.2, -0.15) is 0 Å². The van der Waals surface area contributed by atoms with Crippen molar-refractivity contribution in [3.63, 3.8) is 0 Å². The van der Waals surface area contributed by atoms with Gasteiger partial charge in [-0.05, 0) is 49.9 Å². The van der Waals surface area contributed by atoms with Crippen LogP contribution in [-0.4, -0.2) is 12.6 Å². The minimum atomic E-state index is -0.191. The fourth-order valence-electron chi connectivity index (χ4n) is 4.61. The van der Waals surface area contributed by atoms with E-state index in [4.69, 9.17) is 4.74 Å². The zero-order valence-corrected chi connectivity index (χ0v) is 11.1. The van der Waals surface area contributed by atoms with E-state index in [1.165, 1.54) is 18.4 Å². The molecule has 3 aliphatic rings. The van der Waals surface area contributed by atoms with Gasteiger partial charge in [0.15, 0.2) is 0 Å². The van der Waals surface area contributed by atoms with Gasteiger partial charge < -0.3 is 4.74 Å². The Morgan fingerprint density at radius 3 is 2.82 bits per heavy atom. The molecule has 2 heteroatoms. The van der Waals surface area contributed by atoms with Crippen molar-refractivity contribution in [2.45, 2.75) is 46.5 Å². The first-order valence-corrected chi connectivity index (χ1v) is 6.82. The average Bonchev–Trinajstić information content (AvgIpc) is 2.70. The molecule has 0 radical (unpaired) electrons. The zero-order valence-electron chi connectivity index (χ0n) is 11.1. The van der Waals surface area contributed by atoms with Crippen LogP contribution in [0.15, 0.2) is 11.6 Å². The van der Waals surface area contributed by atoms with Crippen molar-refractivity contribution in [3.05, 3.63) is 11.6 Å². The number of fused-ring (bicyclic) bond motifs is 1. The second-order valence-electron chi connectivity index (χ2n) is 6.72. The van der Waals surface area contributed by atoms with Crippen LogP contribution in [0, 0.1) is 22.7 Å². The molecule has 0 aromatic rings. The number of rotatable bonds is 0. The van der Waals surface area contributed by atoms with E-state index in [0.717, 1.165) is 12.8 Å². The first-order valence-electron chi connectivity index (χ1n) is 6.82. The third kappa shape index (κ3) is 1.30. The minimum Gasteiger partial charge on any atom is -0.465 e. The van der Waals surface area contributed by atoms with Crippen molar-refractivity contribution in [1.29, 1.82) is 0 Å². The van der Waals surface area contributed by atoms with Crippen LogP contribution in [-0.2, 0) is 9.53 Å². The quantitative estimate of drug-likeness (QED) is 0.475. The molecule has 0 unspecified atom stereocenters. The first-order chi connectivity index (χ1) is 7.97. The van der Waals surface area contributed by atoms with Crippen LogP contribution in [0.25, 0.3) is 0 Å². The summed E-state index contributed by atoms with van der Waals surface area (Å²) >= 11 is 0. The summed E-state index contributed by atoms with van der Waals surface area (Å²) in [6.45, 7) is 7.43. The standard InChI is InChI=1S/C15H22O2/c1-10-4-5-12-11(8-10)9-15(14(12,2)3)6-7-17-13(15)16/h8,11-12H,4-7,9H2,1-3H3/t11-,12-,15-/m0/s1. The fourth-order valence-corrected chi connectivity index (χ4v) is 4.61. The molecule has 17 heavy (non-hydrogen) atoms. The zero-order chi connectivity index (χ0) is 12.3. The van der Waals surface area contributed by atoms with Gasteiger partial charge in [0.1, 0.15) is 0 Å². The SMILES string of the molecule is CC1=C[C@H]2C[C@]3(CCOC3=O)C(C)(C)[C@H]2CC1. The monoisotopic (exact) mass is 234 g/mol. The lowest BCUT2D eigenvalue weighted by Crippen LogP contribution is -2.40. The van der Waals surface area contributed by atoms with Crippen molar-refractivity contribution in [3.8, 4) is 0 Å². The molecule has 3 rings (SSSR count). The van der Waals surface area contributed by atoms with E-state index >= 15 is 0 Å². The molecule has 2 nitrogen and oxygen atoms in total. The molecular weight excluding hydrogens is 212 g/mol. The second-order valence-corrected chi connectivity index (χ2v) is 6.72. The Balaban J connectivity index is 2.02. The maximum absolute atomic E-state index is 12.2. The summed E-state index contributed by atoms with van der Waals surface area (Å²) in [5.74, 6) is 1.34. The van der Waals surface area contributed by atoms with E-state index in [-0.39, 0.29) is 16.8 Å². The summed E-state index contributed by atoms with van der Waals surface area (Å²) in [4.78, 5) is 12.2. The fraction of sp³-hybridized carbons (Fsp3) is 0.800. The Morgan fingerprint density at radius 1 is 1.41 bits per heavy atom. The smallest absolute Gasteiger partial charge is 0.312 e. The number of hydrogen-bond donors (Lipinski definition) is 0. The molecule has 0 amide bonds. The molecule has 94 valence electrons. The summed E-state index contributed by atoms with van der Waals surface area (Å²) in [7, 11) is 0. The van der Waals surface area contributed by atoms with Crippen molar-refractivity contribution >= 4 is 5.97 Å². The van der Waals surface area contributed by atoms with Crippen LogP contribution in [0.5, 0.6) is 0 Å². The molecule has 1 heterocycles. The highest BCUT2D eigenvalue weighted by atomic mass is 16.5. The van der Waals surface area contributed by atoms with Crippen LogP contribution < -0.4 is 0 Å². The summed E-state index contributed by atoms with van der Waals surface area (Å²) in [6.07, 6.45) is 6.82. The summed E-state index contributed by atoms with van der Waals surface area (Å²) in [5, 5.41) is 0. The lowest BCUT2D eigenvalue weighted by atomic mass is 9.62. The lowest BCUT2D eigenvalue weighted by molar-refractivity contribution is -0.151. The third-order valence-electron chi connectivity index (χ3n) is 5.76. The average molecular weight is 234 g/mol. The van der Waals surface area contributed by atoms with E-state index in [2.05, 4.69) is 26.8 Å². The maximum atomic E-state index is 12.2. The molecule has 2 aliphatic carbocycles. The number of carbonyl (C=O) groups is 1. The molecule has 1 saturated heterocycles. The molecule has 3 atom stereocenters. The highest BCUT2D eigenvalue weighted by molar-refractivity contribution is 5.80. The van der Waals surface area contributed by atoms with Crippen molar-refractivity contribution in [1.82, 2.24) is 0 Å². The topological polar surface area (TPSA) is 26.3 Å². The van der Waals surface area contributed by atoms with Gasteiger partial charge in [-0.1, -0.05) is 25.5 Å². The highest BCUT2D eigenvalue weighted by Crippen LogP contribution is 2.65. The Hall–Kier alpha value is -0.790. The van der Waals surface area contributed by atoms with Crippen molar-refractivity contribution in [2.75, 3.05) is 6.61 Å². The van der Waals surface area contributed by atoms with Gasteiger partial charge in [0, 0.05) is 0 Å². The number of hydrogen-bond acceptors (Lipinski definition) is 2. The molecule has 2 fully saturated rings. The van der Waals surface area contributed by atoms with Crippen LogP contribution >= 0.6 is 0 Å². The second kappa shape index (κ2) is 3.37. The summed E-state index contributed by atoms with van der Waals surface area (Å²) in [6, 6.07) is 0.